The van der Waals surface area contributed by atoms with Crippen molar-refractivity contribution in [2.75, 3.05) is 13.2 Å². The maximum absolute atomic E-state index is 13.0. The van der Waals surface area contributed by atoms with Crippen LogP contribution in [-0.2, 0) is 11.2 Å². The molecule has 0 bridgehead atoms. The van der Waals surface area contributed by atoms with E-state index in [0.29, 0.717) is 24.8 Å². The first-order chi connectivity index (χ1) is 15.2. The van der Waals surface area contributed by atoms with E-state index in [2.05, 4.69) is 46.5 Å². The second-order valence-corrected chi connectivity index (χ2v) is 9.76. The Labute approximate surface area is 189 Å². The molecule has 1 saturated heterocycles. The van der Waals surface area contributed by atoms with E-state index in [-0.39, 0.29) is 11.9 Å². The van der Waals surface area contributed by atoms with E-state index in [1.807, 2.05) is 29.2 Å². The minimum absolute atomic E-state index is 0.103. The molecule has 1 amide bonds. The van der Waals surface area contributed by atoms with Crippen LogP contribution in [0.25, 0.3) is 20.7 Å². The molecule has 0 spiro atoms. The zero-order valence-corrected chi connectivity index (χ0v) is 18.8. The van der Waals surface area contributed by atoms with Gasteiger partial charge in [0.2, 0.25) is 0 Å². The number of amides is 1. The lowest BCUT2D eigenvalue weighted by Gasteiger charge is -2.29. The van der Waals surface area contributed by atoms with Crippen molar-refractivity contribution in [3.8, 4) is 10.4 Å². The van der Waals surface area contributed by atoms with Crippen LogP contribution in [0.2, 0.25) is 0 Å². The largest absolute Gasteiger partial charge is 0.381 e. The van der Waals surface area contributed by atoms with Crippen molar-refractivity contribution < 1.29 is 9.53 Å². The third kappa shape index (κ3) is 4.39. The third-order valence-electron chi connectivity index (χ3n) is 5.74. The smallest absolute Gasteiger partial charge is 0.270 e. The summed E-state index contributed by atoms with van der Waals surface area (Å²) >= 11 is 3.31. The van der Waals surface area contributed by atoms with Gasteiger partial charge in [-0.05, 0) is 53.0 Å². The van der Waals surface area contributed by atoms with E-state index in [4.69, 9.17) is 4.74 Å². The van der Waals surface area contributed by atoms with Gasteiger partial charge in [-0.2, -0.15) is 0 Å². The predicted octanol–water partition coefficient (Wildman–Crippen LogP) is 5.17. The number of rotatable bonds is 5. The monoisotopic (exact) mass is 449 g/mol. The number of carbonyl (C=O) groups excluding carboxylic acids is 1. The van der Waals surface area contributed by atoms with Crippen LogP contribution in [0.1, 0.15) is 35.0 Å². The van der Waals surface area contributed by atoms with Gasteiger partial charge < -0.3 is 10.1 Å². The van der Waals surface area contributed by atoms with E-state index >= 15 is 0 Å². The van der Waals surface area contributed by atoms with E-state index in [1.165, 1.54) is 11.1 Å². The molecule has 1 aromatic carbocycles. The molecular formula is C24H23N3O2S2. The molecule has 1 aliphatic rings. The molecule has 7 heteroatoms. The second kappa shape index (κ2) is 8.86. The van der Waals surface area contributed by atoms with E-state index in [0.717, 1.165) is 33.5 Å². The van der Waals surface area contributed by atoms with Crippen molar-refractivity contribution in [1.29, 1.82) is 0 Å². The number of nitrogens with zero attached hydrogens (tertiary/aromatic N) is 2. The normalized spacial score (nSPS) is 18.9. The Morgan fingerprint density at radius 2 is 2.10 bits per heavy atom. The van der Waals surface area contributed by atoms with Gasteiger partial charge in [-0.25, -0.2) is 4.98 Å². The Morgan fingerprint density at radius 3 is 2.87 bits per heavy atom. The van der Waals surface area contributed by atoms with Gasteiger partial charge in [0.05, 0.1) is 27.2 Å². The van der Waals surface area contributed by atoms with Crippen LogP contribution in [0, 0.1) is 5.92 Å². The highest BCUT2D eigenvalue weighted by Gasteiger charge is 2.25. The van der Waals surface area contributed by atoms with E-state index in [1.54, 1.807) is 22.7 Å². The van der Waals surface area contributed by atoms with Crippen LogP contribution in [0.15, 0.2) is 53.5 Å². The van der Waals surface area contributed by atoms with Gasteiger partial charge in [-0.15, -0.1) is 22.7 Å². The molecule has 0 unspecified atom stereocenters. The van der Waals surface area contributed by atoms with Crippen LogP contribution in [0.5, 0.6) is 0 Å². The summed E-state index contributed by atoms with van der Waals surface area (Å²) in [6, 6.07) is 12.6. The van der Waals surface area contributed by atoms with Gasteiger partial charge in [-0.1, -0.05) is 31.2 Å². The van der Waals surface area contributed by atoms with E-state index in [9.17, 15) is 4.79 Å². The van der Waals surface area contributed by atoms with E-state index < -0.39 is 0 Å². The Kier molecular flexibility index (Phi) is 5.80. The van der Waals surface area contributed by atoms with Crippen molar-refractivity contribution in [3.05, 3.63) is 70.3 Å². The van der Waals surface area contributed by atoms with Gasteiger partial charge in [0.1, 0.15) is 5.69 Å². The Bertz CT molecular complexity index is 1190. The van der Waals surface area contributed by atoms with Crippen LogP contribution in [0.4, 0.5) is 0 Å². The quantitative estimate of drug-likeness (QED) is 0.457. The number of thiophene rings is 1. The molecule has 1 N–H and O–H groups in total. The minimum Gasteiger partial charge on any atom is -0.381 e. The number of hydrogen-bond donors (Lipinski definition) is 1. The average Bonchev–Trinajstić information content (AvgIpc) is 3.48. The number of aromatic nitrogens is 2. The predicted molar refractivity (Wildman–Crippen MR) is 126 cm³/mol. The summed E-state index contributed by atoms with van der Waals surface area (Å²) < 4.78 is 6.64. The van der Waals surface area contributed by atoms with Crippen molar-refractivity contribution in [2.45, 2.75) is 25.8 Å². The summed E-state index contributed by atoms with van der Waals surface area (Å²) in [6.07, 6.45) is 3.49. The first kappa shape index (κ1) is 20.3. The van der Waals surface area contributed by atoms with Gasteiger partial charge >= 0.3 is 0 Å². The third-order valence-corrected chi connectivity index (χ3v) is 7.54. The maximum Gasteiger partial charge on any atom is 0.270 e. The Balaban J connectivity index is 1.39. The second-order valence-electron chi connectivity index (χ2n) is 7.96. The molecule has 2 atom stereocenters. The molecule has 1 fully saturated rings. The lowest BCUT2D eigenvalue weighted by atomic mass is 9.97. The summed E-state index contributed by atoms with van der Waals surface area (Å²) in [6.45, 7) is 3.49. The number of benzene rings is 1. The van der Waals surface area contributed by atoms with Gasteiger partial charge in [-0.3, -0.25) is 9.78 Å². The Hall–Kier alpha value is -2.61. The van der Waals surface area contributed by atoms with Crippen LogP contribution in [0.3, 0.4) is 0 Å². The fraction of sp³-hybridized carbons (Fsp3) is 0.292. The molecule has 1 aliphatic heterocycles. The van der Waals surface area contributed by atoms with Gasteiger partial charge in [0.25, 0.3) is 5.91 Å². The van der Waals surface area contributed by atoms with Crippen LogP contribution in [-0.4, -0.2) is 35.1 Å². The number of thiazole rings is 1. The fourth-order valence-electron chi connectivity index (χ4n) is 3.97. The highest BCUT2D eigenvalue weighted by molar-refractivity contribution is 7.17. The topological polar surface area (TPSA) is 64.1 Å². The lowest BCUT2D eigenvalue weighted by Crippen LogP contribution is -2.44. The number of hydrogen-bond acceptors (Lipinski definition) is 6. The first-order valence-corrected chi connectivity index (χ1v) is 12.2. The molecule has 0 saturated carbocycles. The van der Waals surface area contributed by atoms with Crippen LogP contribution < -0.4 is 5.32 Å². The highest BCUT2D eigenvalue weighted by atomic mass is 32.1. The number of carbonyl (C=O) groups is 1. The Morgan fingerprint density at radius 1 is 1.23 bits per heavy atom. The molecule has 5 rings (SSSR count). The number of pyridine rings is 1. The van der Waals surface area contributed by atoms with Gasteiger partial charge in [0.15, 0.2) is 0 Å². The molecule has 0 aliphatic carbocycles. The molecular weight excluding hydrogens is 426 g/mol. The standard InChI is InChI=1S/C24H23N3O2S2/c1-15-13-29-8-6-19(15)27-24(28)21-11-18(23-20(26-21)7-9-30-23)10-16-2-4-17(5-3-16)22-12-25-14-31-22/h2-5,7,9,11-12,14-15,19H,6,8,10,13H2,1H3,(H,27,28)/t15-,19+/m1/s1. The SMILES string of the molecule is C[C@@H]1COCC[C@@H]1NC(=O)c1cc(Cc2ccc(-c3cncs3)cc2)c2sccc2n1. The number of fused-ring (bicyclic) bond motifs is 1. The average molecular weight is 450 g/mol. The summed E-state index contributed by atoms with van der Waals surface area (Å²) in [5.41, 5.74) is 6.73. The molecule has 3 aromatic heterocycles. The fourth-order valence-corrected chi connectivity index (χ4v) is 5.45. The summed E-state index contributed by atoms with van der Waals surface area (Å²) in [5, 5.41) is 5.21. The minimum atomic E-state index is -0.103. The first-order valence-electron chi connectivity index (χ1n) is 10.4. The molecule has 158 valence electrons. The number of nitrogens with one attached hydrogen (secondary N) is 1. The highest BCUT2D eigenvalue weighted by Crippen LogP contribution is 2.28. The summed E-state index contributed by atoms with van der Waals surface area (Å²) in [7, 11) is 0. The van der Waals surface area contributed by atoms with Crippen LogP contribution >= 0.6 is 22.7 Å². The molecule has 31 heavy (non-hydrogen) atoms. The molecule has 5 nitrogen and oxygen atoms in total. The summed E-state index contributed by atoms with van der Waals surface area (Å²) in [4.78, 5) is 22.9. The zero-order chi connectivity index (χ0) is 21.2. The molecule has 4 heterocycles. The van der Waals surface area contributed by atoms with Crippen molar-refractivity contribution in [3.63, 3.8) is 0 Å². The maximum atomic E-state index is 13.0. The van der Waals surface area contributed by atoms with Crippen molar-refractivity contribution >= 4 is 38.8 Å². The van der Waals surface area contributed by atoms with Gasteiger partial charge in [0, 0.05) is 18.8 Å². The number of ether oxygens (including phenoxy) is 1. The summed E-state index contributed by atoms with van der Waals surface area (Å²) in [5.74, 6) is 0.202. The van der Waals surface area contributed by atoms with Crippen molar-refractivity contribution in [2.24, 2.45) is 5.92 Å². The van der Waals surface area contributed by atoms with Crippen molar-refractivity contribution in [1.82, 2.24) is 15.3 Å². The molecule has 0 radical (unpaired) electrons. The zero-order valence-electron chi connectivity index (χ0n) is 17.2. The lowest BCUT2D eigenvalue weighted by molar-refractivity contribution is 0.0374. The molecule has 4 aromatic rings.